The second kappa shape index (κ2) is 7.79. The number of nitrogens with one attached hydrogen (secondary N) is 1. The first-order valence-corrected chi connectivity index (χ1v) is 8.23. The van der Waals surface area contributed by atoms with Crippen molar-refractivity contribution in [2.24, 2.45) is 0 Å². The molecule has 1 unspecified atom stereocenters. The van der Waals surface area contributed by atoms with Crippen LogP contribution in [0, 0.1) is 0 Å². The van der Waals surface area contributed by atoms with Crippen LogP contribution in [0.4, 0.5) is 0 Å². The normalized spacial score (nSPS) is 19.4. The van der Waals surface area contributed by atoms with Crippen molar-refractivity contribution in [1.82, 2.24) is 20.0 Å². The molecule has 1 atom stereocenters. The van der Waals surface area contributed by atoms with E-state index in [4.69, 9.17) is 0 Å². The lowest BCUT2D eigenvalue weighted by Crippen LogP contribution is -2.43. The van der Waals surface area contributed by atoms with Gasteiger partial charge in [-0.3, -0.25) is 4.68 Å². The van der Waals surface area contributed by atoms with E-state index in [0.29, 0.717) is 12.1 Å². The molecule has 1 saturated heterocycles. The molecule has 2 heterocycles. The zero-order chi connectivity index (χ0) is 14.4. The van der Waals surface area contributed by atoms with Gasteiger partial charge in [-0.25, -0.2) is 0 Å². The van der Waals surface area contributed by atoms with Gasteiger partial charge in [-0.15, -0.1) is 0 Å². The average Bonchev–Trinajstić information content (AvgIpc) is 2.95. The maximum atomic E-state index is 4.36. The lowest BCUT2D eigenvalue weighted by Gasteiger charge is -2.33. The van der Waals surface area contributed by atoms with Gasteiger partial charge in [-0.05, 0) is 52.7 Å². The third-order valence-corrected chi connectivity index (χ3v) is 4.38. The van der Waals surface area contributed by atoms with Gasteiger partial charge in [0.2, 0.25) is 0 Å². The maximum Gasteiger partial charge on any atom is 0.0537 e. The highest BCUT2D eigenvalue weighted by molar-refractivity contribution is 5.09. The number of aryl methyl sites for hydroxylation is 1. The fourth-order valence-corrected chi connectivity index (χ4v) is 2.93. The molecule has 114 valence electrons. The Morgan fingerprint density at radius 2 is 2.10 bits per heavy atom. The molecule has 1 aliphatic rings. The zero-order valence-electron chi connectivity index (χ0n) is 13.3. The number of unbranched alkanes of at least 4 members (excludes halogenated alkanes) is 1. The minimum atomic E-state index is 0.405. The molecular formula is C16H30N4. The summed E-state index contributed by atoms with van der Waals surface area (Å²) in [6, 6.07) is 1.07. The highest BCUT2D eigenvalue weighted by Crippen LogP contribution is 2.17. The first kappa shape index (κ1) is 15.5. The van der Waals surface area contributed by atoms with Crippen molar-refractivity contribution < 1.29 is 0 Å². The highest BCUT2D eigenvalue weighted by Gasteiger charge is 2.20. The molecule has 0 spiro atoms. The maximum absolute atomic E-state index is 4.36. The standard InChI is InChI=1S/C16H30N4/c1-4-6-9-19-10-7-16(8-11-19)18-14(3)15-12-17-20(5-2)13-15/h12-14,16,18H,4-11H2,1-3H3. The number of aromatic nitrogens is 2. The molecule has 0 amide bonds. The van der Waals surface area contributed by atoms with Gasteiger partial charge in [0.25, 0.3) is 0 Å². The molecule has 1 fully saturated rings. The lowest BCUT2D eigenvalue weighted by atomic mass is 10.0. The van der Waals surface area contributed by atoms with E-state index in [-0.39, 0.29) is 0 Å². The molecule has 4 nitrogen and oxygen atoms in total. The van der Waals surface area contributed by atoms with E-state index in [0.717, 1.165) is 6.54 Å². The van der Waals surface area contributed by atoms with E-state index in [1.54, 1.807) is 0 Å². The number of rotatable bonds is 7. The monoisotopic (exact) mass is 278 g/mol. The number of likely N-dealkylation sites (tertiary alicyclic amines) is 1. The van der Waals surface area contributed by atoms with Crippen LogP contribution < -0.4 is 5.32 Å². The van der Waals surface area contributed by atoms with Crippen molar-refractivity contribution in [2.75, 3.05) is 19.6 Å². The molecule has 0 aromatic carbocycles. The van der Waals surface area contributed by atoms with Crippen molar-refractivity contribution in [1.29, 1.82) is 0 Å². The third-order valence-electron chi connectivity index (χ3n) is 4.38. The summed E-state index contributed by atoms with van der Waals surface area (Å²) in [5, 5.41) is 8.13. The van der Waals surface area contributed by atoms with Gasteiger partial charge < -0.3 is 10.2 Å². The molecule has 1 aliphatic heterocycles. The molecule has 4 heteroatoms. The molecule has 2 rings (SSSR count). The smallest absolute Gasteiger partial charge is 0.0537 e. The average molecular weight is 278 g/mol. The van der Waals surface area contributed by atoms with Crippen LogP contribution in [0.25, 0.3) is 0 Å². The summed E-state index contributed by atoms with van der Waals surface area (Å²) >= 11 is 0. The minimum absolute atomic E-state index is 0.405. The molecule has 20 heavy (non-hydrogen) atoms. The summed E-state index contributed by atoms with van der Waals surface area (Å²) in [4.78, 5) is 2.61. The van der Waals surface area contributed by atoms with E-state index in [1.807, 2.05) is 10.9 Å². The summed E-state index contributed by atoms with van der Waals surface area (Å²) in [5.74, 6) is 0. The summed E-state index contributed by atoms with van der Waals surface area (Å²) in [5.41, 5.74) is 1.31. The van der Waals surface area contributed by atoms with Crippen LogP contribution in [-0.4, -0.2) is 40.4 Å². The van der Waals surface area contributed by atoms with Crippen LogP contribution in [-0.2, 0) is 6.54 Å². The van der Waals surface area contributed by atoms with Gasteiger partial charge in [-0.1, -0.05) is 13.3 Å². The highest BCUT2D eigenvalue weighted by atomic mass is 15.3. The van der Waals surface area contributed by atoms with Crippen LogP contribution in [0.1, 0.15) is 58.1 Å². The van der Waals surface area contributed by atoms with Crippen molar-refractivity contribution in [3.05, 3.63) is 18.0 Å². The summed E-state index contributed by atoms with van der Waals surface area (Å²) in [7, 11) is 0. The molecule has 0 saturated carbocycles. The van der Waals surface area contributed by atoms with Crippen LogP contribution in [0.2, 0.25) is 0 Å². The Kier molecular flexibility index (Phi) is 6.05. The molecule has 1 aromatic rings. The van der Waals surface area contributed by atoms with E-state index in [2.05, 4.69) is 42.3 Å². The molecular weight excluding hydrogens is 248 g/mol. The predicted molar refractivity (Wildman–Crippen MR) is 83.8 cm³/mol. The Morgan fingerprint density at radius 1 is 1.35 bits per heavy atom. The zero-order valence-corrected chi connectivity index (χ0v) is 13.3. The minimum Gasteiger partial charge on any atom is -0.307 e. The van der Waals surface area contributed by atoms with Gasteiger partial charge in [0.05, 0.1) is 6.20 Å². The Labute approximate surface area is 123 Å². The van der Waals surface area contributed by atoms with Crippen molar-refractivity contribution in [3.63, 3.8) is 0 Å². The quantitative estimate of drug-likeness (QED) is 0.832. The second-order valence-corrected chi connectivity index (χ2v) is 5.99. The van der Waals surface area contributed by atoms with E-state index >= 15 is 0 Å². The first-order valence-electron chi connectivity index (χ1n) is 8.23. The van der Waals surface area contributed by atoms with Gasteiger partial charge in [0.1, 0.15) is 0 Å². The molecule has 0 aliphatic carbocycles. The molecule has 1 N–H and O–H groups in total. The number of piperidine rings is 1. The Hall–Kier alpha value is -0.870. The fourth-order valence-electron chi connectivity index (χ4n) is 2.93. The van der Waals surface area contributed by atoms with Crippen molar-refractivity contribution >= 4 is 0 Å². The number of hydrogen-bond acceptors (Lipinski definition) is 3. The van der Waals surface area contributed by atoms with Crippen LogP contribution >= 0.6 is 0 Å². The van der Waals surface area contributed by atoms with Crippen LogP contribution in [0.15, 0.2) is 12.4 Å². The third kappa shape index (κ3) is 4.32. The molecule has 0 bridgehead atoms. The topological polar surface area (TPSA) is 33.1 Å². The van der Waals surface area contributed by atoms with Crippen LogP contribution in [0.5, 0.6) is 0 Å². The fraction of sp³-hybridized carbons (Fsp3) is 0.812. The van der Waals surface area contributed by atoms with Gasteiger partial charge >= 0.3 is 0 Å². The first-order chi connectivity index (χ1) is 9.72. The van der Waals surface area contributed by atoms with Crippen LogP contribution in [0.3, 0.4) is 0 Å². The van der Waals surface area contributed by atoms with Gasteiger partial charge in [-0.2, -0.15) is 5.10 Å². The molecule has 0 radical (unpaired) electrons. The van der Waals surface area contributed by atoms with Gasteiger partial charge in [0.15, 0.2) is 0 Å². The van der Waals surface area contributed by atoms with Crippen molar-refractivity contribution in [2.45, 2.75) is 65.1 Å². The summed E-state index contributed by atoms with van der Waals surface area (Å²) < 4.78 is 2.00. The Morgan fingerprint density at radius 3 is 2.70 bits per heavy atom. The lowest BCUT2D eigenvalue weighted by molar-refractivity contribution is 0.190. The summed E-state index contributed by atoms with van der Waals surface area (Å²) in [6.45, 7) is 11.4. The Bertz CT molecular complexity index is 380. The SMILES string of the molecule is CCCCN1CCC(NC(C)c2cnn(CC)c2)CC1. The van der Waals surface area contributed by atoms with E-state index in [9.17, 15) is 0 Å². The Balaban J connectivity index is 1.74. The number of hydrogen-bond donors (Lipinski definition) is 1. The number of nitrogens with zero attached hydrogens (tertiary/aromatic N) is 3. The van der Waals surface area contributed by atoms with Gasteiger partial charge in [0, 0.05) is 30.4 Å². The largest absolute Gasteiger partial charge is 0.307 e. The van der Waals surface area contributed by atoms with Crippen molar-refractivity contribution in [3.8, 4) is 0 Å². The van der Waals surface area contributed by atoms with E-state index in [1.165, 1.54) is 50.9 Å². The summed E-state index contributed by atoms with van der Waals surface area (Å²) in [6.07, 6.45) is 9.35. The predicted octanol–water partition coefficient (Wildman–Crippen LogP) is 2.82. The van der Waals surface area contributed by atoms with E-state index < -0.39 is 0 Å². The second-order valence-electron chi connectivity index (χ2n) is 5.99. The molecule has 1 aromatic heterocycles.